The highest BCUT2D eigenvalue weighted by atomic mass is 35.5. The molecule has 0 atom stereocenters. The highest BCUT2D eigenvalue weighted by Gasteiger charge is 2.09. The molecular formula is C17H15ClN4O2. The van der Waals surface area contributed by atoms with Gasteiger partial charge in [-0.3, -0.25) is 4.79 Å². The second-order valence-corrected chi connectivity index (χ2v) is 5.14. The van der Waals surface area contributed by atoms with Gasteiger partial charge in [0, 0.05) is 17.6 Å². The zero-order valence-electron chi connectivity index (χ0n) is 12.8. The van der Waals surface area contributed by atoms with Crippen LogP contribution in [0.5, 0.6) is 5.75 Å². The molecule has 2 rings (SSSR count). The lowest BCUT2D eigenvalue weighted by Gasteiger charge is -2.07. The zero-order chi connectivity index (χ0) is 17.5. The molecule has 0 radical (unpaired) electrons. The largest absolute Gasteiger partial charge is 0.497 e. The lowest BCUT2D eigenvalue weighted by atomic mass is 10.2. The molecule has 0 heterocycles. The van der Waals surface area contributed by atoms with E-state index in [0.717, 1.165) is 0 Å². The first kappa shape index (κ1) is 17.2. The number of anilines is 3. The molecule has 0 aromatic heterocycles. The van der Waals surface area contributed by atoms with Crippen molar-refractivity contribution < 1.29 is 9.53 Å². The van der Waals surface area contributed by atoms with Gasteiger partial charge in [0.15, 0.2) is 0 Å². The van der Waals surface area contributed by atoms with Crippen molar-refractivity contribution in [2.24, 2.45) is 0 Å². The number of amides is 1. The summed E-state index contributed by atoms with van der Waals surface area (Å²) >= 11 is 5.92. The molecule has 7 heteroatoms. The van der Waals surface area contributed by atoms with Crippen LogP contribution in [0.4, 0.5) is 17.1 Å². The third-order valence-electron chi connectivity index (χ3n) is 3.10. The second-order valence-electron chi connectivity index (χ2n) is 4.73. The number of carbonyl (C=O) groups excluding carboxylic acids is 1. The molecule has 2 aromatic carbocycles. The van der Waals surface area contributed by atoms with E-state index in [2.05, 4.69) is 10.6 Å². The van der Waals surface area contributed by atoms with Crippen molar-refractivity contribution in [2.45, 2.75) is 0 Å². The fourth-order valence-corrected chi connectivity index (χ4v) is 1.97. The molecule has 0 aliphatic carbocycles. The minimum Gasteiger partial charge on any atom is -0.497 e. The highest BCUT2D eigenvalue weighted by molar-refractivity contribution is 6.33. The Morgan fingerprint density at radius 2 is 1.92 bits per heavy atom. The summed E-state index contributed by atoms with van der Waals surface area (Å²) in [6, 6.07) is 13.5. The number of nitrogens with two attached hydrogens (primary N) is 1. The Hall–Kier alpha value is -3.17. The van der Waals surface area contributed by atoms with Gasteiger partial charge < -0.3 is 21.1 Å². The molecule has 0 aliphatic rings. The van der Waals surface area contributed by atoms with Gasteiger partial charge in [0.1, 0.15) is 17.4 Å². The SMILES string of the molecule is COc1ccc(NC(=O)/C(C#N)=C\Nc2ccc(N)c(Cl)c2)cc1. The Morgan fingerprint density at radius 3 is 2.50 bits per heavy atom. The van der Waals surface area contributed by atoms with Crippen LogP contribution >= 0.6 is 11.6 Å². The summed E-state index contributed by atoms with van der Waals surface area (Å²) in [6.45, 7) is 0. The molecule has 0 saturated heterocycles. The van der Waals surface area contributed by atoms with Gasteiger partial charge in [-0.05, 0) is 42.5 Å². The molecule has 2 aromatic rings. The van der Waals surface area contributed by atoms with E-state index in [1.807, 2.05) is 6.07 Å². The summed E-state index contributed by atoms with van der Waals surface area (Å²) in [7, 11) is 1.55. The minimum atomic E-state index is -0.531. The van der Waals surface area contributed by atoms with E-state index in [9.17, 15) is 4.79 Å². The van der Waals surface area contributed by atoms with Gasteiger partial charge in [0.25, 0.3) is 5.91 Å². The number of rotatable bonds is 5. The number of nitrogens with one attached hydrogen (secondary N) is 2. The van der Waals surface area contributed by atoms with Crippen LogP contribution in [0.2, 0.25) is 5.02 Å². The normalized spacial score (nSPS) is 10.6. The number of nitrogens with zero attached hydrogens (tertiary/aromatic N) is 1. The number of hydrogen-bond acceptors (Lipinski definition) is 5. The standard InChI is InChI=1S/C17H15ClN4O2/c1-24-14-5-2-12(3-6-14)22-17(23)11(9-19)10-21-13-4-7-16(20)15(18)8-13/h2-8,10,21H,20H2,1H3,(H,22,23)/b11-10-. The maximum absolute atomic E-state index is 12.1. The molecule has 0 aliphatic heterocycles. The van der Waals surface area contributed by atoms with Gasteiger partial charge in [0.2, 0.25) is 0 Å². The van der Waals surface area contributed by atoms with Gasteiger partial charge in [-0.2, -0.15) is 5.26 Å². The molecule has 24 heavy (non-hydrogen) atoms. The summed E-state index contributed by atoms with van der Waals surface area (Å²) in [5.41, 5.74) is 7.15. The lowest BCUT2D eigenvalue weighted by Crippen LogP contribution is -2.14. The Bertz CT molecular complexity index is 810. The molecule has 0 saturated carbocycles. The first-order chi connectivity index (χ1) is 11.5. The third-order valence-corrected chi connectivity index (χ3v) is 3.42. The van der Waals surface area contributed by atoms with Crippen LogP contribution in [0.3, 0.4) is 0 Å². The summed E-state index contributed by atoms with van der Waals surface area (Å²) in [5, 5.41) is 15.0. The maximum atomic E-state index is 12.1. The number of nitriles is 1. The average molecular weight is 343 g/mol. The number of halogens is 1. The third kappa shape index (κ3) is 4.41. The lowest BCUT2D eigenvalue weighted by molar-refractivity contribution is -0.112. The fraction of sp³-hybridized carbons (Fsp3) is 0.0588. The molecule has 0 bridgehead atoms. The maximum Gasteiger partial charge on any atom is 0.267 e. The van der Waals surface area contributed by atoms with Crippen molar-refractivity contribution in [3.8, 4) is 11.8 Å². The van der Waals surface area contributed by atoms with Gasteiger partial charge >= 0.3 is 0 Å². The monoisotopic (exact) mass is 342 g/mol. The predicted octanol–water partition coefficient (Wildman–Crippen LogP) is 3.39. The summed E-state index contributed by atoms with van der Waals surface area (Å²) in [6.07, 6.45) is 1.31. The Kier molecular flexibility index (Phi) is 5.66. The van der Waals surface area contributed by atoms with Gasteiger partial charge in [-0.15, -0.1) is 0 Å². The smallest absolute Gasteiger partial charge is 0.267 e. The van der Waals surface area contributed by atoms with Crippen molar-refractivity contribution in [1.29, 1.82) is 5.26 Å². The van der Waals surface area contributed by atoms with Crippen molar-refractivity contribution >= 4 is 34.6 Å². The Morgan fingerprint density at radius 1 is 1.25 bits per heavy atom. The van der Waals surface area contributed by atoms with E-state index in [4.69, 9.17) is 27.3 Å². The zero-order valence-corrected chi connectivity index (χ0v) is 13.6. The number of nitrogen functional groups attached to an aromatic ring is 1. The number of benzene rings is 2. The average Bonchev–Trinajstić information content (AvgIpc) is 2.59. The van der Waals surface area contributed by atoms with Crippen LogP contribution in [0.15, 0.2) is 54.2 Å². The highest BCUT2D eigenvalue weighted by Crippen LogP contribution is 2.22. The Balaban J connectivity index is 2.07. The molecule has 0 spiro atoms. The van der Waals surface area contributed by atoms with Crippen LogP contribution in [0, 0.1) is 11.3 Å². The van der Waals surface area contributed by atoms with Gasteiger partial charge in [-0.1, -0.05) is 11.6 Å². The van der Waals surface area contributed by atoms with Crippen molar-refractivity contribution in [3.05, 3.63) is 59.3 Å². The Labute approximate surface area is 144 Å². The molecule has 1 amide bonds. The molecule has 4 N–H and O–H groups in total. The van der Waals surface area contributed by atoms with E-state index < -0.39 is 5.91 Å². The molecule has 0 unspecified atom stereocenters. The van der Waals surface area contributed by atoms with E-state index >= 15 is 0 Å². The number of ether oxygens (including phenoxy) is 1. The molecular weight excluding hydrogens is 328 g/mol. The first-order valence-corrected chi connectivity index (χ1v) is 7.28. The quantitative estimate of drug-likeness (QED) is 0.439. The molecule has 6 nitrogen and oxygen atoms in total. The van der Waals surface area contributed by atoms with E-state index in [-0.39, 0.29) is 5.57 Å². The van der Waals surface area contributed by atoms with E-state index in [1.165, 1.54) is 6.20 Å². The van der Waals surface area contributed by atoms with Crippen molar-refractivity contribution in [2.75, 3.05) is 23.5 Å². The molecule has 122 valence electrons. The second kappa shape index (κ2) is 7.90. The number of methoxy groups -OCH3 is 1. The summed E-state index contributed by atoms with van der Waals surface area (Å²) < 4.78 is 5.04. The molecule has 0 fully saturated rings. The van der Waals surface area contributed by atoms with Crippen LogP contribution in [-0.4, -0.2) is 13.0 Å². The van der Waals surface area contributed by atoms with Crippen LogP contribution < -0.4 is 21.1 Å². The van der Waals surface area contributed by atoms with E-state index in [1.54, 1.807) is 49.6 Å². The fourth-order valence-electron chi connectivity index (χ4n) is 1.79. The van der Waals surface area contributed by atoms with Crippen LogP contribution in [-0.2, 0) is 4.79 Å². The van der Waals surface area contributed by atoms with E-state index in [0.29, 0.717) is 27.8 Å². The summed E-state index contributed by atoms with van der Waals surface area (Å²) in [4.78, 5) is 12.1. The van der Waals surface area contributed by atoms with Gasteiger partial charge in [-0.25, -0.2) is 0 Å². The minimum absolute atomic E-state index is 0.0845. The van der Waals surface area contributed by atoms with Crippen LogP contribution in [0.1, 0.15) is 0 Å². The number of hydrogen-bond donors (Lipinski definition) is 3. The van der Waals surface area contributed by atoms with Crippen LogP contribution in [0.25, 0.3) is 0 Å². The van der Waals surface area contributed by atoms with Crippen molar-refractivity contribution in [3.63, 3.8) is 0 Å². The summed E-state index contributed by atoms with van der Waals surface area (Å²) in [5.74, 6) is 0.141. The predicted molar refractivity (Wildman–Crippen MR) is 94.8 cm³/mol. The number of carbonyl (C=O) groups is 1. The van der Waals surface area contributed by atoms with Gasteiger partial charge in [0.05, 0.1) is 17.8 Å². The topological polar surface area (TPSA) is 100 Å². The first-order valence-electron chi connectivity index (χ1n) is 6.90. The van der Waals surface area contributed by atoms with Crippen molar-refractivity contribution in [1.82, 2.24) is 0 Å².